The number of esters is 1. The van der Waals surface area contributed by atoms with Crippen molar-refractivity contribution in [1.29, 1.82) is 0 Å². The van der Waals surface area contributed by atoms with E-state index < -0.39 is 0 Å². The van der Waals surface area contributed by atoms with Crippen LogP contribution < -0.4 is 0 Å². The number of thioether (sulfide) groups is 2. The van der Waals surface area contributed by atoms with E-state index in [0.717, 1.165) is 31.6 Å². The zero-order valence-electron chi connectivity index (χ0n) is 26.4. The second-order valence-electron chi connectivity index (χ2n) is 16.1. The molecule has 0 bridgehead atoms. The molecule has 3 nitrogen and oxygen atoms in total. The third-order valence-corrected chi connectivity index (χ3v) is 17.0. The predicted octanol–water partition coefficient (Wildman–Crippen LogP) is 9.03. The van der Waals surface area contributed by atoms with E-state index >= 15 is 0 Å². The van der Waals surface area contributed by atoms with Crippen molar-refractivity contribution in [2.75, 3.05) is 11.5 Å². The summed E-state index contributed by atoms with van der Waals surface area (Å²) in [7, 11) is 0. The first-order valence-electron chi connectivity index (χ1n) is 16.1. The lowest BCUT2D eigenvalue weighted by molar-refractivity contribution is -0.208. The lowest BCUT2D eigenvalue weighted by Gasteiger charge is -2.70. The van der Waals surface area contributed by atoms with E-state index in [4.69, 9.17) is 4.74 Å². The number of hydrogen-bond donors (Lipinski definition) is 0. The van der Waals surface area contributed by atoms with E-state index in [1.165, 1.54) is 43.6 Å². The number of Topliss-reactive ketones (excluding diaryl/α,β-unsaturated/α-hetero) is 1. The molecule has 1 aliphatic heterocycles. The van der Waals surface area contributed by atoms with Gasteiger partial charge in [0.2, 0.25) is 0 Å². The summed E-state index contributed by atoms with van der Waals surface area (Å²) in [6, 6.07) is 0. The van der Waals surface area contributed by atoms with Crippen LogP contribution in [0.4, 0.5) is 0 Å². The molecular formula is C34H56O3S2. The smallest absolute Gasteiger partial charge is 0.302 e. The minimum absolute atomic E-state index is 0.0256. The van der Waals surface area contributed by atoms with E-state index in [1.807, 2.05) is 0 Å². The van der Waals surface area contributed by atoms with Crippen LogP contribution in [-0.2, 0) is 14.3 Å². The van der Waals surface area contributed by atoms with Gasteiger partial charge in [0.1, 0.15) is 11.9 Å². The fraction of sp³-hybridized carbons (Fsp3) is 0.941. The van der Waals surface area contributed by atoms with Gasteiger partial charge in [-0.05, 0) is 77.9 Å². The lowest BCUT2D eigenvalue weighted by Crippen LogP contribution is -2.69. The molecule has 1 heterocycles. The number of ketones is 1. The molecule has 0 radical (unpaired) electrons. The summed E-state index contributed by atoms with van der Waals surface area (Å²) in [6.45, 7) is 21.1. The van der Waals surface area contributed by atoms with Gasteiger partial charge in [-0.1, -0.05) is 74.7 Å². The van der Waals surface area contributed by atoms with Crippen LogP contribution in [-0.4, -0.2) is 33.4 Å². The van der Waals surface area contributed by atoms with Crippen molar-refractivity contribution in [1.82, 2.24) is 0 Å². The fourth-order valence-electron chi connectivity index (χ4n) is 11.3. The Labute approximate surface area is 247 Å². The quantitative estimate of drug-likeness (QED) is 0.295. The summed E-state index contributed by atoms with van der Waals surface area (Å²) in [5.41, 5.74) is 0.123. The molecule has 222 valence electrons. The van der Waals surface area contributed by atoms with Crippen LogP contribution in [0.3, 0.4) is 0 Å². The van der Waals surface area contributed by atoms with Gasteiger partial charge in [0.05, 0.1) is 4.08 Å². The molecule has 1 spiro atoms. The molecule has 5 fully saturated rings. The van der Waals surface area contributed by atoms with Gasteiger partial charge in [-0.3, -0.25) is 9.59 Å². The molecule has 4 aliphatic carbocycles. The Bertz CT molecular complexity index is 969. The van der Waals surface area contributed by atoms with Crippen molar-refractivity contribution in [3.63, 3.8) is 0 Å². The summed E-state index contributed by atoms with van der Waals surface area (Å²) in [5, 5.41) is 0. The Kier molecular flexibility index (Phi) is 7.95. The molecule has 0 aromatic rings. The Hall–Kier alpha value is -0.160. The van der Waals surface area contributed by atoms with Gasteiger partial charge >= 0.3 is 5.97 Å². The first kappa shape index (κ1) is 30.3. The third kappa shape index (κ3) is 4.51. The number of hydrogen-bond acceptors (Lipinski definition) is 5. The molecule has 0 aromatic carbocycles. The normalized spacial score (nSPS) is 45.1. The van der Waals surface area contributed by atoms with Crippen LogP contribution in [0.15, 0.2) is 0 Å². The maximum atomic E-state index is 14.8. The van der Waals surface area contributed by atoms with E-state index in [0.29, 0.717) is 29.5 Å². The highest BCUT2D eigenvalue weighted by atomic mass is 32.2. The lowest BCUT2D eigenvalue weighted by atomic mass is 9.37. The van der Waals surface area contributed by atoms with Crippen molar-refractivity contribution < 1.29 is 14.3 Å². The average Bonchev–Trinajstić information content (AvgIpc) is 3.39. The summed E-state index contributed by atoms with van der Waals surface area (Å²) in [4.78, 5) is 26.8. The monoisotopic (exact) mass is 576 g/mol. The molecule has 39 heavy (non-hydrogen) atoms. The molecule has 9 atom stereocenters. The Morgan fingerprint density at radius 3 is 2.26 bits per heavy atom. The number of carbonyl (C=O) groups excluding carboxylic acids is 2. The van der Waals surface area contributed by atoms with E-state index in [9.17, 15) is 9.59 Å². The zero-order valence-corrected chi connectivity index (χ0v) is 28.0. The van der Waals surface area contributed by atoms with Crippen LogP contribution in [0, 0.1) is 57.2 Å². The van der Waals surface area contributed by atoms with Crippen molar-refractivity contribution in [2.24, 2.45) is 57.2 Å². The molecule has 0 aromatic heterocycles. The first-order valence-corrected chi connectivity index (χ1v) is 18.1. The summed E-state index contributed by atoms with van der Waals surface area (Å²) in [6.07, 6.45) is 10.2. The second-order valence-corrected chi connectivity index (χ2v) is 19.2. The maximum Gasteiger partial charge on any atom is 0.302 e. The highest BCUT2D eigenvalue weighted by molar-refractivity contribution is 8.21. The Balaban J connectivity index is 1.54. The minimum Gasteiger partial charge on any atom is -0.462 e. The molecular weight excluding hydrogens is 521 g/mol. The van der Waals surface area contributed by atoms with Gasteiger partial charge in [-0.2, -0.15) is 0 Å². The van der Waals surface area contributed by atoms with E-state index in [-0.39, 0.29) is 43.7 Å². The number of rotatable bonds is 6. The molecule has 5 aliphatic rings. The van der Waals surface area contributed by atoms with Gasteiger partial charge < -0.3 is 4.74 Å². The van der Waals surface area contributed by atoms with Crippen LogP contribution >= 0.6 is 23.5 Å². The van der Waals surface area contributed by atoms with Gasteiger partial charge in [-0.15, -0.1) is 23.5 Å². The van der Waals surface area contributed by atoms with Crippen molar-refractivity contribution in [2.45, 2.75) is 130 Å². The first-order chi connectivity index (χ1) is 18.1. The Morgan fingerprint density at radius 1 is 0.974 bits per heavy atom. The highest BCUT2D eigenvalue weighted by Crippen LogP contribution is 2.79. The van der Waals surface area contributed by atoms with Gasteiger partial charge in [-0.25, -0.2) is 0 Å². The Morgan fingerprint density at radius 2 is 1.64 bits per heavy atom. The molecule has 5 rings (SSSR count). The predicted molar refractivity (Wildman–Crippen MR) is 166 cm³/mol. The summed E-state index contributed by atoms with van der Waals surface area (Å²) in [5.74, 6) is 5.84. The van der Waals surface area contributed by atoms with Crippen molar-refractivity contribution in [3.05, 3.63) is 0 Å². The topological polar surface area (TPSA) is 43.4 Å². The van der Waals surface area contributed by atoms with Gasteiger partial charge in [0, 0.05) is 36.2 Å². The average molecular weight is 577 g/mol. The largest absolute Gasteiger partial charge is 0.462 e. The SMILES string of the molecule is CC(=O)OC1CC[C@]2(C)[C@H]3C(=O)C[C@]4(C)[C@@H]([C@H](C)CCCC(C)C)CC[C@@]4(C)[C@@H]3C3(C[C@H]2C1(C)C)SCCS3. The maximum absolute atomic E-state index is 14.8. The number of ether oxygens (including phenoxy) is 1. The van der Waals surface area contributed by atoms with Gasteiger partial charge in [0.25, 0.3) is 0 Å². The summed E-state index contributed by atoms with van der Waals surface area (Å²) < 4.78 is 6.07. The molecule has 4 saturated carbocycles. The third-order valence-electron chi connectivity index (χ3n) is 13.4. The van der Waals surface area contributed by atoms with Crippen LogP contribution in [0.25, 0.3) is 0 Å². The molecule has 1 saturated heterocycles. The van der Waals surface area contributed by atoms with Crippen molar-refractivity contribution in [3.8, 4) is 0 Å². The summed E-state index contributed by atoms with van der Waals surface area (Å²) >= 11 is 4.40. The molecule has 1 unspecified atom stereocenters. The van der Waals surface area contributed by atoms with Crippen LogP contribution in [0.2, 0.25) is 0 Å². The number of carbonyl (C=O) groups is 2. The zero-order chi connectivity index (χ0) is 28.6. The molecule has 0 N–H and O–H groups in total. The van der Waals surface area contributed by atoms with E-state index in [2.05, 4.69) is 78.9 Å². The second kappa shape index (κ2) is 10.2. The highest BCUT2D eigenvalue weighted by Gasteiger charge is 2.75. The fourth-order valence-corrected chi connectivity index (χ4v) is 15.2. The van der Waals surface area contributed by atoms with Crippen molar-refractivity contribution >= 4 is 35.3 Å². The van der Waals surface area contributed by atoms with E-state index in [1.54, 1.807) is 6.92 Å². The number of fused-ring (bicyclic) bond motifs is 6. The standard InChI is InChI=1S/C34H56O3S2/c1-21(2)11-10-12-22(3)24-13-16-32(8)29-28(25(36)19-33(24,32)9)31(7)15-14-27(37-23(4)35)30(5,6)26(31)20-34(29)38-17-18-39-34/h21-22,24,26-29H,10-20H2,1-9H3/t22-,24-,26+,27?,28+,29-,31+,32+,33-/m1/s1. The molecule has 0 amide bonds. The van der Waals surface area contributed by atoms with Gasteiger partial charge in [0.15, 0.2) is 0 Å². The minimum atomic E-state index is -0.166. The van der Waals surface area contributed by atoms with Crippen LogP contribution in [0.5, 0.6) is 0 Å². The van der Waals surface area contributed by atoms with Crippen LogP contribution in [0.1, 0.15) is 120 Å². The molecule has 5 heteroatoms.